The molecule has 10 heteroatoms. The molecule has 6 nitrogen and oxygen atoms in total. The van der Waals surface area contributed by atoms with Crippen LogP contribution in [0, 0.1) is 12.7 Å². The minimum absolute atomic E-state index is 0.0667. The Balaban J connectivity index is 1.98. The van der Waals surface area contributed by atoms with Crippen LogP contribution in [0.4, 0.5) is 17.6 Å². The van der Waals surface area contributed by atoms with Crippen LogP contribution >= 0.6 is 0 Å². The predicted octanol–water partition coefficient (Wildman–Crippen LogP) is 3.49. The molecule has 142 valence electrons. The number of alkyl halides is 3. The molecular formula is C17H15F4N5O. The highest BCUT2D eigenvalue weighted by Gasteiger charge is 2.32. The van der Waals surface area contributed by atoms with Crippen molar-refractivity contribution >= 4 is 0 Å². The average Bonchev–Trinajstić information content (AvgIpc) is 3.05. The molecule has 3 aromatic rings. The Morgan fingerprint density at radius 1 is 1.22 bits per heavy atom. The Morgan fingerprint density at radius 2 is 1.96 bits per heavy atom. The first-order valence-electron chi connectivity index (χ1n) is 8.06. The minimum atomic E-state index is -4.62. The average molecular weight is 381 g/mol. The molecule has 1 aromatic carbocycles. The zero-order valence-corrected chi connectivity index (χ0v) is 14.4. The van der Waals surface area contributed by atoms with E-state index in [0.717, 1.165) is 12.1 Å². The fourth-order valence-electron chi connectivity index (χ4n) is 2.78. The molecule has 0 radical (unpaired) electrons. The molecule has 1 atom stereocenters. The Kier molecular flexibility index (Phi) is 4.81. The summed E-state index contributed by atoms with van der Waals surface area (Å²) in [4.78, 5) is 18.2. The molecule has 1 unspecified atom stereocenters. The van der Waals surface area contributed by atoms with E-state index in [9.17, 15) is 22.4 Å². The van der Waals surface area contributed by atoms with Crippen LogP contribution in [0.1, 0.15) is 36.3 Å². The second-order valence-corrected chi connectivity index (χ2v) is 5.96. The van der Waals surface area contributed by atoms with Gasteiger partial charge in [-0.25, -0.2) is 14.1 Å². The molecule has 2 aromatic heterocycles. The van der Waals surface area contributed by atoms with Gasteiger partial charge in [0, 0.05) is 11.6 Å². The molecule has 0 saturated heterocycles. The second kappa shape index (κ2) is 6.93. The van der Waals surface area contributed by atoms with Crippen LogP contribution in [0.25, 0.3) is 11.4 Å². The van der Waals surface area contributed by atoms with E-state index in [4.69, 9.17) is 0 Å². The van der Waals surface area contributed by atoms with Crippen LogP contribution in [-0.2, 0) is 6.18 Å². The van der Waals surface area contributed by atoms with Gasteiger partial charge in [-0.2, -0.15) is 13.2 Å². The van der Waals surface area contributed by atoms with Gasteiger partial charge in [-0.15, -0.1) is 5.10 Å². The van der Waals surface area contributed by atoms with E-state index in [1.165, 1.54) is 16.9 Å². The van der Waals surface area contributed by atoms with E-state index in [2.05, 4.69) is 20.3 Å². The van der Waals surface area contributed by atoms with Gasteiger partial charge in [0.1, 0.15) is 17.3 Å². The van der Waals surface area contributed by atoms with E-state index in [0.29, 0.717) is 29.7 Å². The maximum Gasteiger partial charge on any atom is 0.416 e. The molecule has 0 amide bonds. The molecule has 0 aliphatic carbocycles. The third kappa shape index (κ3) is 3.88. The summed E-state index contributed by atoms with van der Waals surface area (Å²) >= 11 is 0. The number of halogens is 4. The normalized spacial score (nSPS) is 13.0. The van der Waals surface area contributed by atoms with Gasteiger partial charge >= 0.3 is 6.18 Å². The number of aromatic nitrogens is 5. The van der Waals surface area contributed by atoms with E-state index >= 15 is 0 Å². The van der Waals surface area contributed by atoms with Crippen LogP contribution in [0.3, 0.4) is 0 Å². The summed E-state index contributed by atoms with van der Waals surface area (Å²) in [6.45, 7) is 3.36. The maximum atomic E-state index is 14.3. The van der Waals surface area contributed by atoms with Crippen molar-refractivity contribution in [3.05, 3.63) is 63.6 Å². The van der Waals surface area contributed by atoms with E-state index in [-0.39, 0.29) is 11.1 Å². The van der Waals surface area contributed by atoms with E-state index in [1.807, 2.05) is 0 Å². The molecule has 0 aliphatic rings. The molecule has 0 spiro atoms. The molecule has 0 saturated carbocycles. The summed E-state index contributed by atoms with van der Waals surface area (Å²) in [5.74, 6) is -0.577. The molecule has 0 bridgehead atoms. The minimum Gasteiger partial charge on any atom is -0.311 e. The highest BCUT2D eigenvalue weighted by molar-refractivity contribution is 5.51. The van der Waals surface area contributed by atoms with Crippen LogP contribution in [0.5, 0.6) is 0 Å². The number of hydrogen-bond acceptors (Lipinski definition) is 4. The summed E-state index contributed by atoms with van der Waals surface area (Å²) in [6.07, 6.45) is -2.77. The van der Waals surface area contributed by atoms with Gasteiger partial charge in [-0.1, -0.05) is 18.2 Å². The third-order valence-corrected chi connectivity index (χ3v) is 4.03. The van der Waals surface area contributed by atoms with Gasteiger partial charge in [0.05, 0.1) is 23.5 Å². The van der Waals surface area contributed by atoms with Crippen molar-refractivity contribution < 1.29 is 17.6 Å². The highest BCUT2D eigenvalue weighted by atomic mass is 19.4. The molecule has 0 aliphatic heterocycles. The van der Waals surface area contributed by atoms with Gasteiger partial charge in [-0.05, 0) is 25.5 Å². The predicted molar refractivity (Wildman–Crippen MR) is 88.4 cm³/mol. The summed E-state index contributed by atoms with van der Waals surface area (Å²) < 4.78 is 53.9. The molecular weight excluding hydrogens is 366 g/mol. The number of nitrogens with zero attached hydrogens (tertiary/aromatic N) is 4. The fraction of sp³-hybridized carbons (Fsp3) is 0.294. The lowest BCUT2D eigenvalue weighted by Crippen LogP contribution is -2.14. The molecule has 0 fully saturated rings. The Hall–Kier alpha value is -3.04. The number of aryl methyl sites for hydroxylation is 1. The summed E-state index contributed by atoms with van der Waals surface area (Å²) in [5, 5.41) is 7.88. The Morgan fingerprint density at radius 3 is 2.56 bits per heavy atom. The monoisotopic (exact) mass is 381 g/mol. The largest absolute Gasteiger partial charge is 0.416 e. The number of hydrogen-bond donors (Lipinski definition) is 1. The van der Waals surface area contributed by atoms with Crippen molar-refractivity contribution in [2.24, 2.45) is 0 Å². The number of H-pyrrole nitrogens is 1. The lowest BCUT2D eigenvalue weighted by molar-refractivity contribution is -0.137. The highest BCUT2D eigenvalue weighted by Crippen LogP contribution is 2.33. The molecule has 27 heavy (non-hydrogen) atoms. The first-order valence-corrected chi connectivity index (χ1v) is 8.06. The number of nitrogens with one attached hydrogen (secondary N) is 1. The molecule has 3 rings (SSSR count). The van der Waals surface area contributed by atoms with Crippen LogP contribution in [0.15, 0.2) is 35.3 Å². The van der Waals surface area contributed by atoms with E-state index < -0.39 is 23.6 Å². The standard InChI is InChI=1S/C17H15F4N5O/c1-3-15(11-5-4-10(6-12(11)18)17(19,20)21)26-8-14(24-25-26)13-7-16(27)23-9(2)22-13/h4-8,15H,3H2,1-2H3,(H,22,23,27). The van der Waals surface area contributed by atoms with Crippen molar-refractivity contribution in [1.82, 2.24) is 25.0 Å². The molecule has 2 heterocycles. The smallest absolute Gasteiger partial charge is 0.311 e. The van der Waals surface area contributed by atoms with Crippen molar-refractivity contribution in [2.75, 3.05) is 0 Å². The van der Waals surface area contributed by atoms with Gasteiger partial charge in [-0.3, -0.25) is 4.79 Å². The first-order chi connectivity index (χ1) is 12.7. The SMILES string of the molecule is CCC(c1ccc(C(F)(F)F)cc1F)n1cc(-c2cc(=O)[nH]c(C)n2)nn1. The fourth-order valence-corrected chi connectivity index (χ4v) is 2.78. The van der Waals surface area contributed by atoms with E-state index in [1.54, 1.807) is 13.8 Å². The van der Waals surface area contributed by atoms with Crippen molar-refractivity contribution in [1.29, 1.82) is 0 Å². The zero-order valence-electron chi connectivity index (χ0n) is 14.4. The first kappa shape index (κ1) is 18.7. The lowest BCUT2D eigenvalue weighted by Gasteiger charge is -2.17. The van der Waals surface area contributed by atoms with Gasteiger partial charge < -0.3 is 4.98 Å². The topological polar surface area (TPSA) is 76.5 Å². The quantitative estimate of drug-likeness (QED) is 0.702. The van der Waals surface area contributed by atoms with Crippen LogP contribution < -0.4 is 5.56 Å². The lowest BCUT2D eigenvalue weighted by atomic mass is 10.0. The van der Waals surface area contributed by atoms with Gasteiger partial charge in [0.25, 0.3) is 5.56 Å². The summed E-state index contributed by atoms with van der Waals surface area (Å²) in [6, 6.07) is 3.00. The zero-order chi connectivity index (χ0) is 19.8. The van der Waals surface area contributed by atoms with Crippen LogP contribution in [0.2, 0.25) is 0 Å². The van der Waals surface area contributed by atoms with Crippen molar-refractivity contribution in [3.8, 4) is 11.4 Å². The van der Waals surface area contributed by atoms with Crippen molar-refractivity contribution in [3.63, 3.8) is 0 Å². The Bertz CT molecular complexity index is 1020. The summed E-state index contributed by atoms with van der Waals surface area (Å²) in [5.41, 5.74) is -0.744. The maximum absolute atomic E-state index is 14.3. The third-order valence-electron chi connectivity index (χ3n) is 4.03. The second-order valence-electron chi connectivity index (χ2n) is 5.96. The summed E-state index contributed by atoms with van der Waals surface area (Å²) in [7, 11) is 0. The Labute approximate surface area is 150 Å². The van der Waals surface area contributed by atoms with Gasteiger partial charge in [0.15, 0.2) is 0 Å². The number of rotatable bonds is 4. The van der Waals surface area contributed by atoms with Crippen LogP contribution in [-0.4, -0.2) is 25.0 Å². The van der Waals surface area contributed by atoms with Crippen molar-refractivity contribution in [2.45, 2.75) is 32.5 Å². The number of aromatic amines is 1. The van der Waals surface area contributed by atoms with Gasteiger partial charge in [0.2, 0.25) is 0 Å². The number of benzene rings is 1. The molecule has 1 N–H and O–H groups in total.